The first-order valence-corrected chi connectivity index (χ1v) is 7.20. The lowest BCUT2D eigenvalue weighted by Crippen LogP contribution is -2.18. The van der Waals surface area contributed by atoms with E-state index in [1.165, 1.54) is 5.56 Å². The second kappa shape index (κ2) is 6.49. The molecule has 0 saturated carbocycles. The van der Waals surface area contributed by atoms with Crippen molar-refractivity contribution in [1.29, 1.82) is 0 Å². The van der Waals surface area contributed by atoms with Crippen LogP contribution in [-0.4, -0.2) is 6.04 Å². The third-order valence-electron chi connectivity index (χ3n) is 2.89. The number of aryl methyl sites for hydroxylation is 1. The van der Waals surface area contributed by atoms with Gasteiger partial charge in [0.25, 0.3) is 0 Å². The van der Waals surface area contributed by atoms with Gasteiger partial charge in [-0.3, -0.25) is 0 Å². The monoisotopic (exact) mass is 309 g/mol. The minimum atomic E-state index is 0.0639. The Morgan fingerprint density at radius 2 is 1.90 bits per heavy atom. The molecule has 20 heavy (non-hydrogen) atoms. The molecule has 1 unspecified atom stereocenters. The van der Waals surface area contributed by atoms with Gasteiger partial charge >= 0.3 is 0 Å². The van der Waals surface area contributed by atoms with E-state index in [0.717, 1.165) is 17.7 Å². The Morgan fingerprint density at radius 3 is 2.60 bits per heavy atom. The summed E-state index contributed by atoms with van der Waals surface area (Å²) < 4.78 is 5.91. The van der Waals surface area contributed by atoms with E-state index in [1.54, 1.807) is 12.1 Å². The summed E-state index contributed by atoms with van der Waals surface area (Å²) in [5.41, 5.74) is 8.13. The summed E-state index contributed by atoms with van der Waals surface area (Å²) in [5, 5.41) is 0.895. The van der Waals surface area contributed by atoms with Crippen LogP contribution in [0.15, 0.2) is 36.4 Å². The summed E-state index contributed by atoms with van der Waals surface area (Å²) in [6.45, 7) is 4.01. The number of rotatable bonds is 4. The van der Waals surface area contributed by atoms with Crippen molar-refractivity contribution in [3.05, 3.63) is 57.6 Å². The fourth-order valence-corrected chi connectivity index (χ4v) is 2.33. The zero-order valence-electron chi connectivity index (χ0n) is 11.5. The maximum absolute atomic E-state index is 6.15. The molecule has 1 atom stereocenters. The highest BCUT2D eigenvalue weighted by atomic mass is 35.5. The highest BCUT2D eigenvalue weighted by molar-refractivity contribution is 6.42. The number of halogens is 2. The van der Waals surface area contributed by atoms with E-state index < -0.39 is 0 Å². The van der Waals surface area contributed by atoms with Crippen molar-refractivity contribution in [1.82, 2.24) is 0 Å². The zero-order chi connectivity index (χ0) is 14.7. The average Bonchev–Trinajstić information content (AvgIpc) is 2.37. The van der Waals surface area contributed by atoms with Crippen molar-refractivity contribution in [3.8, 4) is 11.5 Å². The van der Waals surface area contributed by atoms with Crippen LogP contribution in [0, 0.1) is 6.92 Å². The van der Waals surface area contributed by atoms with Crippen molar-refractivity contribution in [3.63, 3.8) is 0 Å². The Bertz CT molecular complexity index is 611. The Balaban J connectivity index is 2.35. The summed E-state index contributed by atoms with van der Waals surface area (Å²) in [7, 11) is 0. The van der Waals surface area contributed by atoms with Crippen molar-refractivity contribution < 1.29 is 4.74 Å². The molecule has 0 aliphatic heterocycles. The van der Waals surface area contributed by atoms with E-state index in [0.29, 0.717) is 15.8 Å². The fraction of sp³-hybridized carbons (Fsp3) is 0.250. The van der Waals surface area contributed by atoms with Crippen LogP contribution in [0.5, 0.6) is 11.5 Å². The zero-order valence-corrected chi connectivity index (χ0v) is 13.0. The second-order valence-electron chi connectivity index (χ2n) is 4.95. The summed E-state index contributed by atoms with van der Waals surface area (Å²) in [4.78, 5) is 0. The molecule has 2 rings (SSSR count). The Hall–Kier alpha value is -1.22. The van der Waals surface area contributed by atoms with Gasteiger partial charge in [0, 0.05) is 6.04 Å². The van der Waals surface area contributed by atoms with Crippen LogP contribution in [0.4, 0.5) is 0 Å². The van der Waals surface area contributed by atoms with E-state index in [4.69, 9.17) is 33.7 Å². The van der Waals surface area contributed by atoms with Gasteiger partial charge in [-0.1, -0.05) is 47.0 Å². The SMILES string of the molecule is Cc1ccc(Oc2cccc(Cl)c2Cl)c(CC(C)N)c1. The third kappa shape index (κ3) is 3.66. The van der Waals surface area contributed by atoms with Gasteiger partial charge in [0.1, 0.15) is 16.5 Å². The number of ether oxygens (including phenoxy) is 1. The topological polar surface area (TPSA) is 35.2 Å². The molecular formula is C16H17Cl2NO. The minimum Gasteiger partial charge on any atom is -0.455 e. The first-order valence-electron chi connectivity index (χ1n) is 6.44. The molecule has 0 fully saturated rings. The first-order chi connectivity index (χ1) is 9.47. The molecule has 2 aromatic rings. The smallest absolute Gasteiger partial charge is 0.147 e. The molecule has 4 heteroatoms. The van der Waals surface area contributed by atoms with Gasteiger partial charge in [0.05, 0.1) is 5.02 Å². The van der Waals surface area contributed by atoms with E-state index in [2.05, 4.69) is 6.07 Å². The van der Waals surface area contributed by atoms with Crippen LogP contribution in [0.1, 0.15) is 18.1 Å². The second-order valence-corrected chi connectivity index (χ2v) is 5.73. The van der Waals surface area contributed by atoms with Crippen LogP contribution >= 0.6 is 23.2 Å². The molecule has 2 N–H and O–H groups in total. The van der Waals surface area contributed by atoms with Gasteiger partial charge < -0.3 is 10.5 Å². The van der Waals surface area contributed by atoms with Gasteiger partial charge in [-0.15, -0.1) is 0 Å². The molecule has 0 radical (unpaired) electrons. The molecule has 0 saturated heterocycles. The summed E-state index contributed by atoms with van der Waals surface area (Å²) in [6.07, 6.45) is 0.745. The minimum absolute atomic E-state index is 0.0639. The van der Waals surface area contributed by atoms with Crippen molar-refractivity contribution in [2.45, 2.75) is 26.3 Å². The average molecular weight is 310 g/mol. The van der Waals surface area contributed by atoms with Crippen LogP contribution in [-0.2, 0) is 6.42 Å². The van der Waals surface area contributed by atoms with E-state index in [9.17, 15) is 0 Å². The number of benzene rings is 2. The van der Waals surface area contributed by atoms with Crippen LogP contribution in [0.2, 0.25) is 10.0 Å². The number of nitrogens with two attached hydrogens (primary N) is 1. The Kier molecular flexibility index (Phi) is 4.92. The van der Waals surface area contributed by atoms with E-state index in [-0.39, 0.29) is 6.04 Å². The van der Waals surface area contributed by atoms with Crippen LogP contribution in [0.25, 0.3) is 0 Å². The Morgan fingerprint density at radius 1 is 1.15 bits per heavy atom. The third-order valence-corrected chi connectivity index (χ3v) is 3.70. The lowest BCUT2D eigenvalue weighted by Gasteiger charge is -2.15. The number of hydrogen-bond acceptors (Lipinski definition) is 2. The van der Waals surface area contributed by atoms with Gasteiger partial charge in [-0.25, -0.2) is 0 Å². The molecule has 2 nitrogen and oxygen atoms in total. The predicted molar refractivity (Wildman–Crippen MR) is 85.1 cm³/mol. The molecule has 106 valence electrons. The largest absolute Gasteiger partial charge is 0.455 e. The van der Waals surface area contributed by atoms with Crippen molar-refractivity contribution in [2.24, 2.45) is 5.73 Å². The molecule has 0 bridgehead atoms. The normalized spacial score (nSPS) is 12.2. The van der Waals surface area contributed by atoms with Crippen molar-refractivity contribution in [2.75, 3.05) is 0 Å². The molecule has 2 aromatic carbocycles. The lowest BCUT2D eigenvalue weighted by atomic mass is 10.0. The standard InChI is InChI=1S/C16H17Cl2NO/c1-10-6-7-14(12(8-10)9-11(2)19)20-15-5-3-4-13(17)16(15)18/h3-8,11H,9,19H2,1-2H3. The molecule has 0 amide bonds. The maximum atomic E-state index is 6.15. The van der Waals surface area contributed by atoms with Gasteiger partial charge in [-0.05, 0) is 44.0 Å². The van der Waals surface area contributed by atoms with E-state index >= 15 is 0 Å². The highest BCUT2D eigenvalue weighted by Crippen LogP contribution is 2.36. The van der Waals surface area contributed by atoms with Gasteiger partial charge in [0.2, 0.25) is 0 Å². The number of hydrogen-bond donors (Lipinski definition) is 1. The summed E-state index contributed by atoms with van der Waals surface area (Å²) >= 11 is 12.1. The molecule has 0 aromatic heterocycles. The van der Waals surface area contributed by atoms with Gasteiger partial charge in [0.15, 0.2) is 0 Å². The molecule has 0 aliphatic rings. The quantitative estimate of drug-likeness (QED) is 0.864. The summed E-state index contributed by atoms with van der Waals surface area (Å²) in [5.74, 6) is 1.31. The molecule has 0 aliphatic carbocycles. The first kappa shape index (κ1) is 15.2. The molecular weight excluding hydrogens is 293 g/mol. The van der Waals surface area contributed by atoms with E-state index in [1.807, 2.05) is 32.0 Å². The fourth-order valence-electron chi connectivity index (χ4n) is 2.00. The Labute approximate surface area is 129 Å². The van der Waals surface area contributed by atoms with Gasteiger partial charge in [-0.2, -0.15) is 0 Å². The molecule has 0 heterocycles. The van der Waals surface area contributed by atoms with Crippen molar-refractivity contribution >= 4 is 23.2 Å². The highest BCUT2D eigenvalue weighted by Gasteiger charge is 2.11. The maximum Gasteiger partial charge on any atom is 0.147 e. The predicted octanol–water partition coefficient (Wildman–Crippen LogP) is 4.98. The summed E-state index contributed by atoms with van der Waals surface area (Å²) in [6, 6.07) is 11.4. The molecule has 0 spiro atoms. The lowest BCUT2D eigenvalue weighted by molar-refractivity contribution is 0.474. The van der Waals surface area contributed by atoms with Crippen LogP contribution in [0.3, 0.4) is 0 Å². The van der Waals surface area contributed by atoms with Crippen LogP contribution < -0.4 is 10.5 Å².